The van der Waals surface area contributed by atoms with Crippen molar-refractivity contribution < 1.29 is 27.3 Å². The van der Waals surface area contributed by atoms with E-state index < -0.39 is 12.2 Å². The fourth-order valence-corrected chi connectivity index (χ4v) is 2.67. The summed E-state index contributed by atoms with van der Waals surface area (Å²) in [5, 5.41) is 25.9. The van der Waals surface area contributed by atoms with E-state index in [0.29, 0.717) is 0 Å². The van der Waals surface area contributed by atoms with Crippen molar-refractivity contribution in [2.45, 2.75) is 37.6 Å². The summed E-state index contributed by atoms with van der Waals surface area (Å²) >= 11 is 0. The van der Waals surface area contributed by atoms with Gasteiger partial charge in [0.15, 0.2) is 0 Å². The summed E-state index contributed by atoms with van der Waals surface area (Å²) in [5.74, 6) is 1.28. The van der Waals surface area contributed by atoms with Crippen molar-refractivity contribution in [2.75, 3.05) is 13.1 Å². The van der Waals surface area contributed by atoms with Gasteiger partial charge < -0.3 is 20.8 Å². The van der Waals surface area contributed by atoms with Crippen LogP contribution in [0.4, 0.5) is 0 Å². The monoisotopic (exact) mass is 358 g/mol. The zero-order valence-corrected chi connectivity index (χ0v) is 14.5. The molecule has 3 fully saturated rings. The van der Waals surface area contributed by atoms with Crippen molar-refractivity contribution in [3.63, 3.8) is 0 Å². The van der Waals surface area contributed by atoms with Crippen LogP contribution in [0.15, 0.2) is 0 Å². The average Bonchev–Trinajstić information content (AvgIpc) is 3.26. The molecule has 23 heavy (non-hydrogen) atoms. The molecule has 0 spiro atoms. The maximum atomic E-state index is 9.77. The van der Waals surface area contributed by atoms with E-state index >= 15 is 0 Å². The number of aliphatic hydroxyl groups excluding tert-OH is 2. The molecule has 1 saturated heterocycles. The second-order valence-corrected chi connectivity index (χ2v) is 5.76. The Hall–Kier alpha value is 0.359. The van der Waals surface area contributed by atoms with Gasteiger partial charge in [0, 0.05) is 18.6 Å². The second kappa shape index (κ2) is 11.8. The molecule has 0 bridgehead atoms. The fourth-order valence-electron chi connectivity index (χ4n) is 2.67. The Kier molecular flexibility index (Phi) is 11.0. The number of aliphatic hydroxyl groups is 2. The van der Waals surface area contributed by atoms with Crippen LogP contribution in [0.2, 0.25) is 0 Å². The third-order valence-electron chi connectivity index (χ3n) is 4.00. The molecular weight excluding hydrogens is 332 g/mol. The van der Waals surface area contributed by atoms with Crippen LogP contribution in [-0.4, -0.2) is 47.6 Å². The van der Waals surface area contributed by atoms with Crippen LogP contribution in [0.25, 0.3) is 0 Å². The molecule has 1 aliphatic heterocycles. The van der Waals surface area contributed by atoms with E-state index in [9.17, 15) is 10.2 Å². The molecule has 4 atom stereocenters. The smallest absolute Gasteiger partial charge is 0.389 e. The van der Waals surface area contributed by atoms with Crippen molar-refractivity contribution in [3.8, 4) is 0 Å². The fraction of sp³-hybridized carbons (Fsp3) is 0.444. The zero-order valence-electron chi connectivity index (χ0n) is 13.4. The quantitative estimate of drug-likeness (QED) is 0.426. The van der Waals surface area contributed by atoms with E-state index in [2.05, 4.69) is 23.5 Å². The molecule has 0 aromatic heterocycles. The van der Waals surface area contributed by atoms with Gasteiger partial charge in [0.25, 0.3) is 0 Å². The molecule has 5 heteroatoms. The first-order valence-electron chi connectivity index (χ1n) is 7.88. The van der Waals surface area contributed by atoms with Crippen molar-refractivity contribution in [2.24, 2.45) is 0 Å². The summed E-state index contributed by atoms with van der Waals surface area (Å²) in [4.78, 5) is 0. The van der Waals surface area contributed by atoms with Gasteiger partial charge >= 0.3 is 17.1 Å². The zero-order chi connectivity index (χ0) is 15.8. The van der Waals surface area contributed by atoms with Gasteiger partial charge in [-0.15, -0.1) is 0 Å². The molecule has 2 aliphatic carbocycles. The molecule has 1 heterocycles. The molecular formula is C18H26FeN2O2+2. The van der Waals surface area contributed by atoms with Crippen molar-refractivity contribution in [1.82, 2.24) is 10.6 Å². The van der Waals surface area contributed by atoms with Gasteiger partial charge in [0.2, 0.25) is 0 Å². The van der Waals surface area contributed by atoms with Gasteiger partial charge in [0.05, 0.1) is 12.2 Å². The second-order valence-electron chi connectivity index (χ2n) is 5.76. The normalized spacial score (nSPS) is 34.0. The van der Waals surface area contributed by atoms with Gasteiger partial charge in [-0.05, 0) is 83.6 Å². The standard InChI is InChI=1S/C13H21N2O2.C5H5.Fe/c1-9-12(16)13(17)11(15-9)6-7-14-8-10-4-2-3-5-10;1-2-4-5-3-1;/h2-5,9,11-17H,6-8H2,1H3;1-5H;/q;;+2/t9-,11+,12+,13-;;/m0../s1. The van der Waals surface area contributed by atoms with Gasteiger partial charge in [-0.1, -0.05) is 0 Å². The molecule has 0 amide bonds. The summed E-state index contributed by atoms with van der Waals surface area (Å²) in [6.45, 7) is 3.58. The molecule has 4 nitrogen and oxygen atoms in total. The molecule has 4 N–H and O–H groups in total. The van der Waals surface area contributed by atoms with Crippen molar-refractivity contribution in [1.29, 1.82) is 0 Å². The molecule has 0 aromatic carbocycles. The van der Waals surface area contributed by atoms with E-state index in [1.807, 2.05) is 51.9 Å². The Balaban J connectivity index is 0.000000377. The first-order chi connectivity index (χ1) is 10.7. The summed E-state index contributed by atoms with van der Waals surface area (Å²) in [6, 6.07) is -0.0303. The van der Waals surface area contributed by atoms with Crippen molar-refractivity contribution >= 4 is 0 Å². The van der Waals surface area contributed by atoms with E-state index in [0.717, 1.165) is 19.5 Å². The van der Waals surface area contributed by atoms with Crippen LogP contribution in [0.3, 0.4) is 0 Å². The Morgan fingerprint density at radius 3 is 2.00 bits per heavy atom. The van der Waals surface area contributed by atoms with Gasteiger partial charge in [0.1, 0.15) is 0 Å². The topological polar surface area (TPSA) is 64.5 Å². The van der Waals surface area contributed by atoms with E-state index in [1.165, 1.54) is 5.92 Å². The van der Waals surface area contributed by atoms with Crippen LogP contribution >= 0.6 is 0 Å². The molecule has 126 valence electrons. The number of rotatable bonds is 5. The minimum absolute atomic E-state index is 0. The molecule has 2 saturated carbocycles. The van der Waals surface area contributed by atoms with E-state index in [-0.39, 0.29) is 29.2 Å². The summed E-state index contributed by atoms with van der Waals surface area (Å²) < 4.78 is 0. The maximum Gasteiger partial charge on any atom is 2.00 e. The molecule has 10 radical (unpaired) electrons. The summed E-state index contributed by atoms with van der Waals surface area (Å²) in [6.07, 6.45) is 17.8. The molecule has 0 unspecified atom stereocenters. The van der Waals surface area contributed by atoms with E-state index in [1.54, 1.807) is 0 Å². The Morgan fingerprint density at radius 2 is 1.52 bits per heavy atom. The van der Waals surface area contributed by atoms with Crippen LogP contribution in [0, 0.1) is 63.7 Å². The minimum atomic E-state index is -0.647. The largest absolute Gasteiger partial charge is 2.00 e. The van der Waals surface area contributed by atoms with Crippen LogP contribution in [0.5, 0.6) is 0 Å². The Labute approximate surface area is 152 Å². The van der Waals surface area contributed by atoms with Gasteiger partial charge in [-0.2, -0.15) is 0 Å². The third kappa shape index (κ3) is 7.41. The summed E-state index contributed by atoms with van der Waals surface area (Å²) in [5.41, 5.74) is 0. The first kappa shape index (κ1) is 21.4. The third-order valence-corrected chi connectivity index (χ3v) is 4.00. The Bertz CT molecular complexity index is 289. The SMILES string of the molecule is C[C@@H]1N[C@H](CCNC[C]2[CH][CH][CH][CH]2)[C@H](O)[C@@H]1O.[CH]1[CH][CH][CH][CH]1.[Fe+2]. The maximum absolute atomic E-state index is 9.77. The minimum Gasteiger partial charge on any atom is -0.389 e. The number of hydrogen-bond donors (Lipinski definition) is 4. The number of nitrogens with one attached hydrogen (secondary N) is 2. The van der Waals surface area contributed by atoms with Crippen LogP contribution < -0.4 is 10.6 Å². The molecule has 3 rings (SSSR count). The van der Waals surface area contributed by atoms with E-state index in [4.69, 9.17) is 0 Å². The predicted molar refractivity (Wildman–Crippen MR) is 87.8 cm³/mol. The first-order valence-corrected chi connectivity index (χ1v) is 7.88. The predicted octanol–water partition coefficient (Wildman–Crippen LogP) is 0.472. The molecule has 3 aliphatic rings. The number of hydrogen-bond acceptors (Lipinski definition) is 4. The molecule has 0 aromatic rings. The van der Waals surface area contributed by atoms with Crippen LogP contribution in [0.1, 0.15) is 13.3 Å². The summed E-state index contributed by atoms with van der Waals surface area (Å²) in [7, 11) is 0. The van der Waals surface area contributed by atoms with Gasteiger partial charge in [-0.3, -0.25) is 0 Å². The van der Waals surface area contributed by atoms with Gasteiger partial charge in [-0.25, -0.2) is 0 Å². The van der Waals surface area contributed by atoms with Crippen LogP contribution in [-0.2, 0) is 17.1 Å². The Morgan fingerprint density at radius 1 is 0.957 bits per heavy atom. The average molecular weight is 358 g/mol. The van der Waals surface area contributed by atoms with Crippen molar-refractivity contribution in [3.05, 3.63) is 63.7 Å².